The molecule has 16 heavy (non-hydrogen) atoms. The van der Waals surface area contributed by atoms with Crippen LogP contribution in [0.4, 0.5) is 8.78 Å². The third kappa shape index (κ3) is 3.02. The van der Waals surface area contributed by atoms with Crippen molar-refractivity contribution in [2.45, 2.75) is 33.3 Å². The van der Waals surface area contributed by atoms with Crippen LogP contribution in [0.25, 0.3) is 0 Å². The highest BCUT2D eigenvalue weighted by Gasteiger charge is 2.12. The first-order chi connectivity index (χ1) is 7.58. The molecule has 0 aliphatic carbocycles. The maximum Gasteiger partial charge on any atom is 0.387 e. The molecule has 1 aromatic rings. The fraction of sp³-hybridized carbons (Fsp3) is 0.417. The fourth-order valence-corrected chi connectivity index (χ4v) is 1.43. The molecule has 0 unspecified atom stereocenters. The summed E-state index contributed by atoms with van der Waals surface area (Å²) in [5.74, 6) is 0.0126. The topological polar surface area (TPSA) is 26.3 Å². The van der Waals surface area contributed by atoms with Gasteiger partial charge in [-0.1, -0.05) is 26.0 Å². The molecule has 88 valence electrons. The molecule has 2 nitrogen and oxygen atoms in total. The number of Topliss-reactive ketones (excluding diaryl/α,β-unsaturated/α-hetero) is 1. The molecule has 0 aromatic heterocycles. The van der Waals surface area contributed by atoms with Crippen LogP contribution in [0, 0.1) is 0 Å². The number of ether oxygens (including phenoxy) is 1. The van der Waals surface area contributed by atoms with E-state index in [9.17, 15) is 13.6 Å². The van der Waals surface area contributed by atoms with Gasteiger partial charge in [0, 0.05) is 12.0 Å². The largest absolute Gasteiger partial charge is 0.435 e. The highest BCUT2D eigenvalue weighted by atomic mass is 19.3. The summed E-state index contributed by atoms with van der Waals surface area (Å²) in [5, 5.41) is 0. The number of carbonyl (C=O) groups excluding carboxylic acids is 1. The number of hydrogen-bond donors (Lipinski definition) is 0. The van der Waals surface area contributed by atoms with E-state index in [0.29, 0.717) is 24.0 Å². The van der Waals surface area contributed by atoms with E-state index in [1.54, 1.807) is 19.1 Å². The van der Waals surface area contributed by atoms with Gasteiger partial charge in [0.05, 0.1) is 0 Å². The van der Waals surface area contributed by atoms with Crippen molar-refractivity contribution in [3.8, 4) is 5.75 Å². The summed E-state index contributed by atoms with van der Waals surface area (Å²) in [5.41, 5.74) is 1.09. The first kappa shape index (κ1) is 12.6. The van der Waals surface area contributed by atoms with Gasteiger partial charge >= 0.3 is 6.61 Å². The summed E-state index contributed by atoms with van der Waals surface area (Å²) in [7, 11) is 0. The summed E-state index contributed by atoms with van der Waals surface area (Å²) in [6.45, 7) is 0.705. The van der Waals surface area contributed by atoms with E-state index in [-0.39, 0.29) is 11.5 Å². The number of halogens is 2. The minimum Gasteiger partial charge on any atom is -0.435 e. The van der Waals surface area contributed by atoms with Crippen LogP contribution in [-0.2, 0) is 6.42 Å². The van der Waals surface area contributed by atoms with Crippen molar-refractivity contribution in [2.75, 3.05) is 0 Å². The highest BCUT2D eigenvalue weighted by Crippen LogP contribution is 2.23. The third-order valence-corrected chi connectivity index (χ3v) is 2.31. The van der Waals surface area contributed by atoms with Crippen molar-refractivity contribution in [1.29, 1.82) is 0 Å². The number of hydrogen-bond acceptors (Lipinski definition) is 2. The molecule has 0 bridgehead atoms. The quantitative estimate of drug-likeness (QED) is 0.721. The Morgan fingerprint density at radius 1 is 1.38 bits per heavy atom. The van der Waals surface area contributed by atoms with Crippen LogP contribution in [0.2, 0.25) is 0 Å². The van der Waals surface area contributed by atoms with Crippen LogP contribution in [-0.4, -0.2) is 12.4 Å². The van der Waals surface area contributed by atoms with Crippen molar-refractivity contribution in [2.24, 2.45) is 0 Å². The lowest BCUT2D eigenvalue weighted by molar-refractivity contribution is -0.0504. The molecule has 1 rings (SSSR count). The Balaban J connectivity index is 3.05. The van der Waals surface area contributed by atoms with E-state index < -0.39 is 6.61 Å². The molecule has 0 heterocycles. The van der Waals surface area contributed by atoms with Gasteiger partial charge in [-0.25, -0.2) is 0 Å². The van der Waals surface area contributed by atoms with Gasteiger partial charge in [-0.05, 0) is 18.1 Å². The zero-order valence-electron chi connectivity index (χ0n) is 9.30. The van der Waals surface area contributed by atoms with Gasteiger partial charge in [-0.15, -0.1) is 0 Å². The molecule has 0 aliphatic heterocycles. The maximum absolute atomic E-state index is 12.1. The second-order valence-corrected chi connectivity index (χ2v) is 3.33. The van der Waals surface area contributed by atoms with E-state index >= 15 is 0 Å². The Kier molecular flexibility index (Phi) is 4.40. The van der Waals surface area contributed by atoms with E-state index in [1.807, 2.05) is 6.92 Å². The minimum absolute atomic E-state index is 0.0817. The Labute approximate surface area is 93.2 Å². The smallest absolute Gasteiger partial charge is 0.387 e. The summed E-state index contributed by atoms with van der Waals surface area (Å²) >= 11 is 0. The molecule has 0 radical (unpaired) electrons. The van der Waals surface area contributed by atoms with Gasteiger partial charge < -0.3 is 4.74 Å². The highest BCUT2D eigenvalue weighted by molar-refractivity contribution is 5.96. The number of ketones is 1. The Morgan fingerprint density at radius 3 is 2.56 bits per heavy atom. The first-order valence-corrected chi connectivity index (χ1v) is 5.19. The Bertz CT molecular complexity index is 375. The standard InChI is InChI=1S/C12H14F2O2/c1-3-8-5-6-9(10(15)4-2)7-11(8)16-12(13)14/h5-7,12H,3-4H2,1-2H3. The molecule has 4 heteroatoms. The third-order valence-electron chi connectivity index (χ3n) is 2.31. The van der Waals surface area contributed by atoms with Crippen molar-refractivity contribution >= 4 is 5.78 Å². The predicted octanol–water partition coefficient (Wildman–Crippen LogP) is 3.44. The Morgan fingerprint density at radius 2 is 2.06 bits per heavy atom. The van der Waals surface area contributed by atoms with Crippen LogP contribution in [0.1, 0.15) is 36.2 Å². The van der Waals surface area contributed by atoms with Crippen LogP contribution in [0.5, 0.6) is 5.75 Å². The zero-order chi connectivity index (χ0) is 12.1. The molecule has 0 atom stereocenters. The lowest BCUT2D eigenvalue weighted by atomic mass is 10.0. The summed E-state index contributed by atoms with van der Waals surface area (Å²) in [6.07, 6.45) is 0.933. The second-order valence-electron chi connectivity index (χ2n) is 3.33. The van der Waals surface area contributed by atoms with Gasteiger partial charge in [0.1, 0.15) is 5.75 Å². The van der Waals surface area contributed by atoms with Crippen molar-refractivity contribution < 1.29 is 18.3 Å². The van der Waals surface area contributed by atoms with Crippen LogP contribution >= 0.6 is 0 Å². The normalized spacial score (nSPS) is 10.6. The Hall–Kier alpha value is -1.45. The minimum atomic E-state index is -2.86. The number of benzene rings is 1. The maximum atomic E-state index is 12.1. The predicted molar refractivity (Wildman–Crippen MR) is 57.1 cm³/mol. The van der Waals surface area contributed by atoms with Crippen LogP contribution in [0.15, 0.2) is 18.2 Å². The van der Waals surface area contributed by atoms with Gasteiger partial charge in [0.15, 0.2) is 5.78 Å². The number of aryl methyl sites for hydroxylation is 1. The summed E-state index contributed by atoms with van der Waals surface area (Å²) in [4.78, 5) is 11.4. The fourth-order valence-electron chi connectivity index (χ4n) is 1.43. The van der Waals surface area contributed by atoms with Crippen molar-refractivity contribution in [3.63, 3.8) is 0 Å². The molecular formula is C12H14F2O2. The van der Waals surface area contributed by atoms with Gasteiger partial charge in [0.2, 0.25) is 0 Å². The lowest BCUT2D eigenvalue weighted by Gasteiger charge is -2.10. The van der Waals surface area contributed by atoms with E-state index in [1.165, 1.54) is 6.07 Å². The molecule has 1 aromatic carbocycles. The molecule has 0 saturated heterocycles. The average Bonchev–Trinajstić information content (AvgIpc) is 2.27. The monoisotopic (exact) mass is 228 g/mol. The van der Waals surface area contributed by atoms with Crippen molar-refractivity contribution in [1.82, 2.24) is 0 Å². The van der Waals surface area contributed by atoms with Gasteiger partial charge in [-0.3, -0.25) is 4.79 Å². The number of rotatable bonds is 5. The van der Waals surface area contributed by atoms with E-state index in [4.69, 9.17) is 0 Å². The zero-order valence-corrected chi connectivity index (χ0v) is 9.30. The molecule has 0 N–H and O–H groups in total. The second kappa shape index (κ2) is 5.58. The molecular weight excluding hydrogens is 214 g/mol. The van der Waals surface area contributed by atoms with Crippen LogP contribution < -0.4 is 4.74 Å². The van der Waals surface area contributed by atoms with Crippen LogP contribution in [0.3, 0.4) is 0 Å². The SMILES string of the molecule is CCC(=O)c1ccc(CC)c(OC(F)F)c1. The first-order valence-electron chi connectivity index (χ1n) is 5.19. The van der Waals surface area contributed by atoms with Gasteiger partial charge in [-0.2, -0.15) is 8.78 Å². The van der Waals surface area contributed by atoms with Crippen molar-refractivity contribution in [3.05, 3.63) is 29.3 Å². The molecule has 0 spiro atoms. The average molecular weight is 228 g/mol. The molecule has 0 amide bonds. The van der Waals surface area contributed by atoms with E-state index in [0.717, 1.165) is 0 Å². The number of carbonyl (C=O) groups is 1. The summed E-state index contributed by atoms with van der Waals surface area (Å²) in [6, 6.07) is 4.68. The number of alkyl halides is 2. The van der Waals surface area contributed by atoms with E-state index in [2.05, 4.69) is 4.74 Å². The molecule has 0 fully saturated rings. The lowest BCUT2D eigenvalue weighted by Crippen LogP contribution is -2.06. The molecule has 0 aliphatic rings. The van der Waals surface area contributed by atoms with Gasteiger partial charge in [0.25, 0.3) is 0 Å². The summed E-state index contributed by atoms with van der Waals surface area (Å²) < 4.78 is 28.7. The molecule has 0 saturated carbocycles.